The van der Waals surface area contributed by atoms with Crippen LogP contribution in [0.25, 0.3) is 0 Å². The lowest BCUT2D eigenvalue weighted by Gasteiger charge is -2.21. The Balaban J connectivity index is 1.59. The van der Waals surface area contributed by atoms with Crippen molar-refractivity contribution >= 4 is 11.4 Å². The highest BCUT2D eigenvalue weighted by atomic mass is 16.7. The summed E-state index contributed by atoms with van der Waals surface area (Å²) in [5, 5.41) is 15.2. The Hall–Kier alpha value is -3.47. The van der Waals surface area contributed by atoms with E-state index in [9.17, 15) is 10.1 Å². The zero-order valence-corrected chi connectivity index (χ0v) is 14.4. The van der Waals surface area contributed by atoms with Crippen LogP contribution in [0.15, 0.2) is 90.1 Å². The topological polar surface area (TPSA) is 64.7 Å². The normalized spacial score (nSPS) is 21.7. The minimum atomic E-state index is -0.394. The van der Waals surface area contributed by atoms with Gasteiger partial charge in [0.15, 0.2) is 6.10 Å². The lowest BCUT2D eigenvalue weighted by molar-refractivity contribution is -0.384. The van der Waals surface area contributed by atoms with Gasteiger partial charge >= 0.3 is 0 Å². The Morgan fingerprint density at radius 1 is 0.852 bits per heavy atom. The van der Waals surface area contributed by atoms with Crippen molar-refractivity contribution in [2.24, 2.45) is 11.1 Å². The number of nitro benzene ring substituents is 1. The third-order valence-electron chi connectivity index (χ3n) is 5.57. The summed E-state index contributed by atoms with van der Waals surface area (Å²) in [6, 6.07) is 27.2. The van der Waals surface area contributed by atoms with Crippen LogP contribution in [0.4, 0.5) is 5.69 Å². The van der Waals surface area contributed by atoms with Gasteiger partial charge in [0.2, 0.25) is 0 Å². The number of hydrogen-bond acceptors (Lipinski definition) is 4. The molecule has 2 aliphatic rings. The van der Waals surface area contributed by atoms with Crippen molar-refractivity contribution in [3.8, 4) is 0 Å². The predicted molar refractivity (Wildman–Crippen MR) is 102 cm³/mol. The van der Waals surface area contributed by atoms with Gasteiger partial charge in [-0.2, -0.15) is 0 Å². The number of oxime groups is 1. The number of hydrogen-bond donors (Lipinski definition) is 0. The number of nitro groups is 1. The molecule has 1 aliphatic carbocycles. The number of rotatable bonds is 4. The molecule has 0 radical (unpaired) electrons. The predicted octanol–water partition coefficient (Wildman–Crippen LogP) is 4.31. The van der Waals surface area contributed by atoms with Crippen LogP contribution in [0, 0.1) is 16.0 Å². The van der Waals surface area contributed by atoms with E-state index in [0.717, 1.165) is 11.3 Å². The quantitative estimate of drug-likeness (QED) is 0.517. The van der Waals surface area contributed by atoms with E-state index in [2.05, 4.69) is 29.4 Å². The van der Waals surface area contributed by atoms with E-state index in [0.29, 0.717) is 0 Å². The van der Waals surface area contributed by atoms with E-state index in [1.54, 1.807) is 12.1 Å². The summed E-state index contributed by atoms with van der Waals surface area (Å²) in [5.74, 6) is 0.0868. The van der Waals surface area contributed by atoms with E-state index in [-0.39, 0.29) is 23.1 Å². The Morgan fingerprint density at radius 3 is 1.93 bits per heavy atom. The summed E-state index contributed by atoms with van der Waals surface area (Å²) in [6.45, 7) is 0. The molecule has 5 nitrogen and oxygen atoms in total. The number of nitrogens with zero attached hydrogens (tertiary/aromatic N) is 2. The summed E-state index contributed by atoms with van der Waals surface area (Å²) in [6.07, 6.45) is -0.0625. The summed E-state index contributed by atoms with van der Waals surface area (Å²) in [4.78, 5) is 16.4. The average Bonchev–Trinajstić information content (AvgIpc) is 3.18. The molecule has 2 unspecified atom stereocenters. The van der Waals surface area contributed by atoms with Gasteiger partial charge in [-0.3, -0.25) is 10.1 Å². The molecular formula is C22H16N2O3. The highest BCUT2D eigenvalue weighted by molar-refractivity contribution is 6.07. The van der Waals surface area contributed by atoms with Gasteiger partial charge in [0.05, 0.1) is 22.0 Å². The van der Waals surface area contributed by atoms with Gasteiger partial charge in [-0.25, -0.2) is 0 Å². The number of non-ortho nitro benzene ring substituents is 1. The van der Waals surface area contributed by atoms with Gasteiger partial charge in [0.1, 0.15) is 0 Å². The zero-order valence-electron chi connectivity index (χ0n) is 14.4. The van der Waals surface area contributed by atoms with Crippen molar-refractivity contribution in [3.63, 3.8) is 0 Å². The number of benzene rings is 3. The minimum Gasteiger partial charge on any atom is -0.390 e. The van der Waals surface area contributed by atoms with E-state index in [1.165, 1.54) is 23.3 Å². The summed E-state index contributed by atoms with van der Waals surface area (Å²) >= 11 is 0. The molecule has 0 saturated heterocycles. The second-order valence-corrected chi connectivity index (χ2v) is 6.89. The van der Waals surface area contributed by atoms with Crippen molar-refractivity contribution in [1.29, 1.82) is 0 Å². The molecule has 3 aromatic rings. The highest BCUT2D eigenvalue weighted by Gasteiger charge is 2.73. The third-order valence-corrected chi connectivity index (χ3v) is 5.57. The third kappa shape index (κ3) is 2.21. The molecule has 0 N–H and O–H groups in total. The molecule has 1 aliphatic heterocycles. The van der Waals surface area contributed by atoms with Crippen molar-refractivity contribution in [1.82, 2.24) is 0 Å². The van der Waals surface area contributed by atoms with Crippen molar-refractivity contribution in [2.45, 2.75) is 11.5 Å². The standard InChI is InChI=1S/C22H16N2O3/c25-24(26)18-13-11-15(12-14-18)20-19-21(27-23-20)22(19,16-7-3-1-4-8-16)17-9-5-2-6-10-17/h1-14,19,21H. The molecule has 2 atom stereocenters. The van der Waals surface area contributed by atoms with Gasteiger partial charge in [-0.15, -0.1) is 0 Å². The van der Waals surface area contributed by atoms with Gasteiger partial charge < -0.3 is 4.84 Å². The zero-order chi connectivity index (χ0) is 18.4. The van der Waals surface area contributed by atoms with Gasteiger partial charge in [0.25, 0.3) is 5.69 Å². The first-order valence-electron chi connectivity index (χ1n) is 8.82. The molecule has 1 heterocycles. The van der Waals surface area contributed by atoms with Crippen LogP contribution in [0.1, 0.15) is 16.7 Å². The largest absolute Gasteiger partial charge is 0.390 e. The lowest BCUT2D eigenvalue weighted by Crippen LogP contribution is -2.21. The first-order chi connectivity index (χ1) is 13.2. The molecule has 132 valence electrons. The van der Waals surface area contributed by atoms with E-state index in [4.69, 9.17) is 4.84 Å². The molecular weight excluding hydrogens is 340 g/mol. The molecule has 0 aromatic heterocycles. The monoisotopic (exact) mass is 356 g/mol. The second-order valence-electron chi connectivity index (χ2n) is 6.89. The van der Waals surface area contributed by atoms with Crippen LogP contribution in [-0.2, 0) is 10.3 Å². The SMILES string of the molecule is O=[N+]([O-])c1ccc(C2=NOC3C2C3(c2ccccc2)c2ccccc2)cc1. The van der Waals surface area contributed by atoms with Gasteiger partial charge in [-0.05, 0) is 23.3 Å². The first-order valence-corrected chi connectivity index (χ1v) is 8.82. The van der Waals surface area contributed by atoms with Crippen LogP contribution in [0.2, 0.25) is 0 Å². The molecule has 0 amide bonds. The Kier molecular flexibility index (Phi) is 3.37. The smallest absolute Gasteiger partial charge is 0.269 e. The second kappa shape index (κ2) is 5.77. The first kappa shape index (κ1) is 15.8. The summed E-state index contributed by atoms with van der Waals surface area (Å²) < 4.78 is 0. The Bertz CT molecular complexity index is 991. The molecule has 1 fully saturated rings. The minimum absolute atomic E-state index is 0.0625. The molecule has 1 saturated carbocycles. The van der Waals surface area contributed by atoms with Crippen molar-refractivity contribution in [3.05, 3.63) is 112 Å². The molecule has 0 bridgehead atoms. The number of fused-ring (bicyclic) bond motifs is 1. The molecule has 27 heavy (non-hydrogen) atoms. The maximum Gasteiger partial charge on any atom is 0.269 e. The maximum atomic E-state index is 10.9. The van der Waals surface area contributed by atoms with Crippen LogP contribution in [0.3, 0.4) is 0 Å². The van der Waals surface area contributed by atoms with Crippen LogP contribution >= 0.6 is 0 Å². The van der Waals surface area contributed by atoms with Crippen molar-refractivity contribution in [2.75, 3.05) is 0 Å². The fourth-order valence-electron chi connectivity index (χ4n) is 4.30. The highest BCUT2D eigenvalue weighted by Crippen LogP contribution is 2.64. The lowest BCUT2D eigenvalue weighted by atomic mass is 9.83. The van der Waals surface area contributed by atoms with Gasteiger partial charge in [-0.1, -0.05) is 65.8 Å². The maximum absolute atomic E-state index is 10.9. The van der Waals surface area contributed by atoms with Crippen LogP contribution in [-0.4, -0.2) is 16.7 Å². The van der Waals surface area contributed by atoms with Crippen LogP contribution in [0.5, 0.6) is 0 Å². The summed E-state index contributed by atoms with van der Waals surface area (Å²) in [5.41, 5.74) is 3.90. The fraction of sp³-hybridized carbons (Fsp3) is 0.136. The Labute approximate surface area is 156 Å². The fourth-order valence-corrected chi connectivity index (χ4v) is 4.30. The van der Waals surface area contributed by atoms with E-state index >= 15 is 0 Å². The van der Waals surface area contributed by atoms with E-state index < -0.39 is 4.92 Å². The molecule has 5 rings (SSSR count). The van der Waals surface area contributed by atoms with Crippen molar-refractivity contribution < 1.29 is 9.76 Å². The molecule has 3 aromatic carbocycles. The molecule has 0 spiro atoms. The average molecular weight is 356 g/mol. The Morgan fingerprint density at radius 2 is 1.41 bits per heavy atom. The van der Waals surface area contributed by atoms with Gasteiger partial charge in [0, 0.05) is 17.7 Å². The van der Waals surface area contributed by atoms with E-state index in [1.807, 2.05) is 36.4 Å². The van der Waals surface area contributed by atoms with Crippen LogP contribution < -0.4 is 0 Å². The molecule has 5 heteroatoms. The summed E-state index contributed by atoms with van der Waals surface area (Å²) in [7, 11) is 0.